The van der Waals surface area contributed by atoms with Gasteiger partial charge in [-0.05, 0) is 51.1 Å². The van der Waals surface area contributed by atoms with Crippen molar-refractivity contribution in [3.8, 4) is 0 Å². The first-order valence-corrected chi connectivity index (χ1v) is 14.0. The number of nitrogens with zero attached hydrogens (tertiary/aromatic N) is 6. The van der Waals surface area contributed by atoms with Crippen molar-refractivity contribution in [2.75, 3.05) is 76.3 Å². The van der Waals surface area contributed by atoms with Crippen LogP contribution < -0.4 is 15.1 Å². The van der Waals surface area contributed by atoms with Crippen LogP contribution in [0.1, 0.15) is 29.8 Å². The topological polar surface area (TPSA) is 84.9 Å². The number of piperazine rings is 1. The zero-order chi connectivity index (χ0) is 31.4. The summed E-state index contributed by atoms with van der Waals surface area (Å²) in [4.78, 5) is 39.7. The first kappa shape index (κ1) is 32.3. The number of anilines is 2. The molecule has 0 bridgehead atoms. The molecule has 0 radical (unpaired) electrons. The van der Waals surface area contributed by atoms with Crippen LogP contribution in [0, 0.1) is 5.92 Å². The van der Waals surface area contributed by atoms with Gasteiger partial charge in [-0.25, -0.2) is 9.97 Å². The molecule has 0 saturated carbocycles. The molecule has 1 N–H and O–H groups in total. The summed E-state index contributed by atoms with van der Waals surface area (Å²) >= 11 is 0. The molecule has 2 saturated heterocycles. The number of halogens is 6. The second-order valence-electron chi connectivity index (χ2n) is 11.0. The van der Waals surface area contributed by atoms with Gasteiger partial charge < -0.3 is 24.9 Å². The van der Waals surface area contributed by atoms with E-state index in [2.05, 4.69) is 15.3 Å². The summed E-state index contributed by atoms with van der Waals surface area (Å²) < 4.78 is 79.7. The summed E-state index contributed by atoms with van der Waals surface area (Å²) in [6.45, 7) is 2.36. The summed E-state index contributed by atoms with van der Waals surface area (Å²) in [7, 11) is 3.57. The number of carbonyl (C=O) groups excluding carboxylic acids is 2. The minimum absolute atomic E-state index is 0.0546. The zero-order valence-corrected chi connectivity index (χ0v) is 24.0. The predicted octanol–water partition coefficient (Wildman–Crippen LogP) is 3.30. The molecular weight excluding hydrogens is 580 g/mol. The Morgan fingerprint density at radius 3 is 2.12 bits per heavy atom. The molecule has 4 rings (SSSR count). The van der Waals surface area contributed by atoms with Gasteiger partial charge in [0.25, 0.3) is 0 Å². The fourth-order valence-corrected chi connectivity index (χ4v) is 5.16. The molecule has 1 unspecified atom stereocenters. The van der Waals surface area contributed by atoms with Crippen molar-refractivity contribution >= 4 is 23.5 Å². The number of likely N-dealkylation sites (N-methyl/N-ethyl adjacent to an activating group) is 1. The van der Waals surface area contributed by atoms with Gasteiger partial charge in [0.1, 0.15) is 11.6 Å². The average Bonchev–Trinajstić information content (AvgIpc) is 2.96. The van der Waals surface area contributed by atoms with Gasteiger partial charge in [-0.1, -0.05) is 12.1 Å². The summed E-state index contributed by atoms with van der Waals surface area (Å²) in [5.74, 6) is -1.91. The highest BCUT2D eigenvalue weighted by Crippen LogP contribution is 2.32. The molecule has 1 aromatic carbocycles. The SMILES string of the molecule is CN(C)CC(=O)N1CCN(c2cc(N3CCCC(C(=O)NCCc4ccc(C(F)(F)F)cc4)C3)nc(C(F)(F)F)n2)CC1. The van der Waals surface area contributed by atoms with Crippen LogP contribution in [0.5, 0.6) is 0 Å². The van der Waals surface area contributed by atoms with E-state index in [9.17, 15) is 35.9 Å². The van der Waals surface area contributed by atoms with Crippen molar-refractivity contribution in [2.45, 2.75) is 31.6 Å². The number of aromatic nitrogens is 2. The van der Waals surface area contributed by atoms with Crippen LogP contribution in [-0.4, -0.2) is 98.0 Å². The Bertz CT molecular complexity index is 1260. The summed E-state index contributed by atoms with van der Waals surface area (Å²) in [6, 6.07) is 6.21. The van der Waals surface area contributed by atoms with E-state index in [0.29, 0.717) is 57.5 Å². The summed E-state index contributed by atoms with van der Waals surface area (Å²) in [5.41, 5.74) is -0.115. The van der Waals surface area contributed by atoms with Gasteiger partial charge in [-0.2, -0.15) is 26.3 Å². The van der Waals surface area contributed by atoms with Gasteiger partial charge in [-0.3, -0.25) is 9.59 Å². The highest BCUT2D eigenvalue weighted by molar-refractivity contribution is 5.79. The van der Waals surface area contributed by atoms with Crippen LogP contribution in [0.15, 0.2) is 30.3 Å². The van der Waals surface area contributed by atoms with E-state index < -0.39 is 29.7 Å². The van der Waals surface area contributed by atoms with Crippen LogP contribution in [-0.2, 0) is 28.4 Å². The van der Waals surface area contributed by atoms with Crippen LogP contribution in [0.2, 0.25) is 0 Å². The Hall–Kier alpha value is -3.62. The number of alkyl halides is 6. The molecule has 43 heavy (non-hydrogen) atoms. The maximum absolute atomic E-state index is 13.8. The number of benzene rings is 1. The van der Waals surface area contributed by atoms with Crippen LogP contribution in [0.4, 0.5) is 38.0 Å². The Morgan fingerprint density at radius 2 is 1.53 bits per heavy atom. The molecule has 2 fully saturated rings. The Morgan fingerprint density at radius 1 is 0.907 bits per heavy atom. The minimum atomic E-state index is -4.78. The Balaban J connectivity index is 1.39. The first-order valence-electron chi connectivity index (χ1n) is 14.0. The molecule has 1 atom stereocenters. The third kappa shape index (κ3) is 8.71. The lowest BCUT2D eigenvalue weighted by atomic mass is 9.97. The monoisotopic (exact) mass is 615 g/mol. The highest BCUT2D eigenvalue weighted by Gasteiger charge is 2.37. The second-order valence-corrected chi connectivity index (χ2v) is 11.0. The quantitative estimate of drug-likeness (QED) is 0.457. The molecule has 236 valence electrons. The van der Waals surface area contributed by atoms with Crippen LogP contribution in [0.3, 0.4) is 0 Å². The number of carbonyl (C=O) groups is 2. The standard InChI is InChI=1S/C28H35F6N7O2/c1-38(2)18-24(42)40-14-12-39(13-15-40)22-16-23(37-26(36-22)28(32,33)34)41-11-3-4-20(17-41)25(43)35-10-9-19-5-7-21(8-6-19)27(29,30)31/h5-8,16,20H,3-4,9-15,17-18H2,1-2H3,(H,35,43). The fourth-order valence-electron chi connectivity index (χ4n) is 5.16. The van der Waals surface area contributed by atoms with Gasteiger partial charge in [0.15, 0.2) is 0 Å². The number of nitrogens with one attached hydrogen (secondary N) is 1. The first-order chi connectivity index (χ1) is 20.2. The lowest BCUT2D eigenvalue weighted by Gasteiger charge is -2.37. The molecule has 2 aromatic rings. The maximum atomic E-state index is 13.8. The minimum Gasteiger partial charge on any atom is -0.356 e. The molecule has 2 aliphatic rings. The molecule has 9 nitrogen and oxygen atoms in total. The van der Waals surface area contributed by atoms with Gasteiger partial charge in [-0.15, -0.1) is 0 Å². The Labute approximate surface area is 245 Å². The van der Waals surface area contributed by atoms with Gasteiger partial charge in [0.05, 0.1) is 18.0 Å². The third-order valence-electron chi connectivity index (χ3n) is 7.47. The third-order valence-corrected chi connectivity index (χ3v) is 7.47. The lowest BCUT2D eigenvalue weighted by molar-refractivity contribution is -0.145. The molecule has 2 aliphatic heterocycles. The van der Waals surface area contributed by atoms with E-state index in [1.165, 1.54) is 18.2 Å². The van der Waals surface area contributed by atoms with E-state index in [-0.39, 0.29) is 43.1 Å². The van der Waals surface area contributed by atoms with E-state index in [1.807, 2.05) is 0 Å². The molecule has 0 spiro atoms. The molecule has 3 heterocycles. The maximum Gasteiger partial charge on any atom is 0.451 e. The number of amides is 2. The van der Waals surface area contributed by atoms with Gasteiger partial charge >= 0.3 is 12.4 Å². The number of hydrogen-bond acceptors (Lipinski definition) is 7. The summed E-state index contributed by atoms with van der Waals surface area (Å²) in [5, 5.41) is 2.80. The summed E-state index contributed by atoms with van der Waals surface area (Å²) in [6.07, 6.45) is -7.77. The van der Waals surface area contributed by atoms with Gasteiger partial charge in [0, 0.05) is 51.9 Å². The largest absolute Gasteiger partial charge is 0.451 e. The number of piperidine rings is 1. The molecular formula is C28H35F6N7O2. The highest BCUT2D eigenvalue weighted by atomic mass is 19.4. The van der Waals surface area contributed by atoms with E-state index in [1.54, 1.807) is 33.7 Å². The van der Waals surface area contributed by atoms with E-state index in [4.69, 9.17) is 0 Å². The van der Waals surface area contributed by atoms with Crippen LogP contribution >= 0.6 is 0 Å². The smallest absolute Gasteiger partial charge is 0.356 e. The average molecular weight is 616 g/mol. The molecule has 2 amide bonds. The van der Waals surface area contributed by atoms with E-state index >= 15 is 0 Å². The Kier molecular flexibility index (Phi) is 10.0. The zero-order valence-electron chi connectivity index (χ0n) is 24.0. The molecule has 0 aliphatic carbocycles. The normalized spacial score (nSPS) is 18.3. The van der Waals surface area contributed by atoms with Crippen molar-refractivity contribution in [3.05, 3.63) is 47.3 Å². The fraction of sp³-hybridized carbons (Fsp3) is 0.571. The van der Waals surface area contributed by atoms with Crippen molar-refractivity contribution in [3.63, 3.8) is 0 Å². The number of rotatable bonds is 8. The lowest BCUT2D eigenvalue weighted by Crippen LogP contribution is -2.51. The van der Waals surface area contributed by atoms with Gasteiger partial charge in [0.2, 0.25) is 17.6 Å². The van der Waals surface area contributed by atoms with E-state index in [0.717, 1.165) is 12.1 Å². The van der Waals surface area contributed by atoms with Crippen molar-refractivity contribution in [1.82, 2.24) is 25.1 Å². The predicted molar refractivity (Wildman–Crippen MR) is 147 cm³/mol. The van der Waals surface area contributed by atoms with Crippen molar-refractivity contribution in [2.24, 2.45) is 5.92 Å². The molecule has 1 aromatic heterocycles. The van der Waals surface area contributed by atoms with Crippen molar-refractivity contribution < 1.29 is 35.9 Å². The number of hydrogen-bond donors (Lipinski definition) is 1. The van der Waals surface area contributed by atoms with Crippen molar-refractivity contribution in [1.29, 1.82) is 0 Å². The molecule has 15 heteroatoms. The van der Waals surface area contributed by atoms with Crippen LogP contribution in [0.25, 0.3) is 0 Å². The second kappa shape index (κ2) is 13.3.